The summed E-state index contributed by atoms with van der Waals surface area (Å²) in [5.74, 6) is 0.415. The molecule has 1 aromatic heterocycles. The predicted molar refractivity (Wildman–Crippen MR) is 113 cm³/mol. The summed E-state index contributed by atoms with van der Waals surface area (Å²) in [5.41, 5.74) is 3.75. The number of hydrazone groups is 1. The van der Waals surface area contributed by atoms with Crippen molar-refractivity contribution in [3.05, 3.63) is 77.3 Å². The molecule has 0 radical (unpaired) electrons. The first-order valence-corrected chi connectivity index (χ1v) is 10.4. The van der Waals surface area contributed by atoms with E-state index in [0.717, 1.165) is 16.9 Å². The first-order valence-electron chi connectivity index (χ1n) is 9.51. The molecule has 2 aliphatic rings. The fourth-order valence-corrected chi connectivity index (χ4v) is 4.27. The van der Waals surface area contributed by atoms with Crippen LogP contribution in [0.4, 0.5) is 10.8 Å². The zero-order valence-corrected chi connectivity index (χ0v) is 16.1. The normalized spacial score (nSPS) is 18.8. The van der Waals surface area contributed by atoms with Gasteiger partial charge in [0.2, 0.25) is 0 Å². The molecule has 1 aliphatic heterocycles. The van der Waals surface area contributed by atoms with Gasteiger partial charge in [0, 0.05) is 17.7 Å². The molecule has 1 N–H and O–H groups in total. The summed E-state index contributed by atoms with van der Waals surface area (Å²) in [6, 6.07) is 20.2. The van der Waals surface area contributed by atoms with E-state index in [1.807, 2.05) is 58.9 Å². The Hall–Kier alpha value is -2.99. The second-order valence-electron chi connectivity index (χ2n) is 7.16. The van der Waals surface area contributed by atoms with Crippen LogP contribution in [0, 0.1) is 0 Å². The minimum atomic E-state index is -0.170. The Labute approximate surface area is 167 Å². The number of carbonyl (C=O) groups excluding carboxylic acids is 1. The van der Waals surface area contributed by atoms with Gasteiger partial charge in [-0.15, -0.1) is 11.3 Å². The summed E-state index contributed by atoms with van der Waals surface area (Å²) in [5, 5.41) is 12.3. The lowest BCUT2D eigenvalue weighted by Gasteiger charge is -2.23. The topological polar surface area (TPSA) is 57.6 Å². The van der Waals surface area contributed by atoms with Gasteiger partial charge in [-0.05, 0) is 30.5 Å². The molecular formula is C22H20N4OS. The van der Waals surface area contributed by atoms with Crippen LogP contribution in [0.15, 0.2) is 71.1 Å². The third-order valence-electron chi connectivity index (χ3n) is 5.12. The largest absolute Gasteiger partial charge is 0.297 e. The Morgan fingerprint density at radius 3 is 2.46 bits per heavy atom. The van der Waals surface area contributed by atoms with Gasteiger partial charge in [-0.25, -0.2) is 4.98 Å². The Kier molecular flexibility index (Phi) is 4.41. The number of amides is 1. The molecule has 1 amide bonds. The van der Waals surface area contributed by atoms with E-state index in [0.29, 0.717) is 23.2 Å². The number of anilines is 2. The van der Waals surface area contributed by atoms with Crippen LogP contribution in [0.1, 0.15) is 42.5 Å². The van der Waals surface area contributed by atoms with Crippen molar-refractivity contribution in [2.24, 2.45) is 5.10 Å². The average molecular weight is 388 g/mol. The lowest BCUT2D eigenvalue weighted by atomic mass is 10.0. The summed E-state index contributed by atoms with van der Waals surface area (Å²) in [7, 11) is 0. The zero-order chi connectivity index (χ0) is 18.9. The number of rotatable bonds is 5. The van der Waals surface area contributed by atoms with Crippen molar-refractivity contribution >= 4 is 33.8 Å². The van der Waals surface area contributed by atoms with Gasteiger partial charge in [-0.2, -0.15) is 5.10 Å². The molecule has 140 valence electrons. The van der Waals surface area contributed by atoms with E-state index in [1.54, 1.807) is 0 Å². The Balaban J connectivity index is 1.39. The lowest BCUT2D eigenvalue weighted by molar-refractivity contribution is -0.110. The van der Waals surface area contributed by atoms with Gasteiger partial charge in [-0.1, -0.05) is 48.5 Å². The standard InChI is InChI=1S/C22H20N4OS/c27-21(24-22-23-19(14-28-22)15-11-12-15)18-13-20(16-7-3-1-4-8-16)26(25-18)17-9-5-2-6-10-17/h1-10,14-15,20H,11-13H2,(H,23,24,27). The van der Waals surface area contributed by atoms with Crippen LogP contribution in [0.25, 0.3) is 0 Å². The number of para-hydroxylation sites is 1. The van der Waals surface area contributed by atoms with Crippen LogP contribution in [-0.4, -0.2) is 16.6 Å². The molecule has 0 bridgehead atoms. The zero-order valence-electron chi connectivity index (χ0n) is 15.3. The summed E-state index contributed by atoms with van der Waals surface area (Å²) in [6.45, 7) is 0. The third kappa shape index (κ3) is 3.43. The van der Waals surface area contributed by atoms with Gasteiger partial charge < -0.3 is 0 Å². The summed E-state index contributed by atoms with van der Waals surface area (Å²) >= 11 is 1.49. The van der Waals surface area contributed by atoms with Crippen molar-refractivity contribution in [2.75, 3.05) is 10.3 Å². The maximum Gasteiger partial charge on any atom is 0.273 e. The van der Waals surface area contributed by atoms with Crippen LogP contribution in [-0.2, 0) is 4.79 Å². The van der Waals surface area contributed by atoms with Crippen molar-refractivity contribution < 1.29 is 4.79 Å². The lowest BCUT2D eigenvalue weighted by Crippen LogP contribution is -2.21. The highest BCUT2D eigenvalue weighted by Gasteiger charge is 2.33. The summed E-state index contributed by atoms with van der Waals surface area (Å²) < 4.78 is 0. The first-order chi connectivity index (χ1) is 13.8. The van der Waals surface area contributed by atoms with E-state index in [2.05, 4.69) is 27.5 Å². The Bertz CT molecular complexity index is 1010. The number of hydrogen-bond acceptors (Lipinski definition) is 5. The predicted octanol–water partition coefficient (Wildman–Crippen LogP) is 4.97. The number of nitrogens with one attached hydrogen (secondary N) is 1. The third-order valence-corrected chi connectivity index (χ3v) is 5.89. The van der Waals surface area contributed by atoms with E-state index in [-0.39, 0.29) is 11.9 Å². The highest BCUT2D eigenvalue weighted by atomic mass is 32.1. The van der Waals surface area contributed by atoms with Crippen molar-refractivity contribution in [2.45, 2.75) is 31.2 Å². The van der Waals surface area contributed by atoms with Crippen LogP contribution >= 0.6 is 11.3 Å². The van der Waals surface area contributed by atoms with Crippen LogP contribution in [0.2, 0.25) is 0 Å². The number of benzene rings is 2. The minimum Gasteiger partial charge on any atom is -0.297 e. The molecule has 1 aliphatic carbocycles. The van der Waals surface area contributed by atoms with Gasteiger partial charge >= 0.3 is 0 Å². The number of carbonyl (C=O) groups is 1. The van der Waals surface area contributed by atoms with Crippen LogP contribution in [0.5, 0.6) is 0 Å². The monoisotopic (exact) mass is 388 g/mol. The molecule has 3 aromatic rings. The number of hydrogen-bond donors (Lipinski definition) is 1. The van der Waals surface area contributed by atoms with Crippen molar-refractivity contribution in [1.29, 1.82) is 0 Å². The fraction of sp³-hybridized carbons (Fsp3) is 0.227. The number of aromatic nitrogens is 1. The van der Waals surface area contributed by atoms with Gasteiger partial charge in [0.1, 0.15) is 5.71 Å². The van der Waals surface area contributed by atoms with Crippen molar-refractivity contribution in [1.82, 2.24) is 4.98 Å². The maximum absolute atomic E-state index is 12.9. The molecule has 0 spiro atoms. The van der Waals surface area contributed by atoms with Gasteiger partial charge in [0.15, 0.2) is 5.13 Å². The quantitative estimate of drug-likeness (QED) is 0.672. The first kappa shape index (κ1) is 17.1. The minimum absolute atomic E-state index is 0.00247. The smallest absolute Gasteiger partial charge is 0.273 e. The molecule has 2 heterocycles. The van der Waals surface area contributed by atoms with E-state index >= 15 is 0 Å². The fourth-order valence-electron chi connectivity index (χ4n) is 3.48. The van der Waals surface area contributed by atoms with Crippen molar-refractivity contribution in [3.63, 3.8) is 0 Å². The highest BCUT2D eigenvalue weighted by Crippen LogP contribution is 2.41. The van der Waals surface area contributed by atoms with E-state index in [1.165, 1.54) is 24.2 Å². The second-order valence-corrected chi connectivity index (χ2v) is 8.02. The van der Waals surface area contributed by atoms with Gasteiger partial charge in [0.25, 0.3) is 5.91 Å². The molecule has 0 saturated heterocycles. The molecule has 1 unspecified atom stereocenters. The average Bonchev–Trinajstić information content (AvgIpc) is 3.32. The van der Waals surface area contributed by atoms with E-state index in [9.17, 15) is 4.79 Å². The molecule has 6 heteroatoms. The van der Waals surface area contributed by atoms with Crippen LogP contribution in [0.3, 0.4) is 0 Å². The molecule has 2 aromatic carbocycles. The maximum atomic E-state index is 12.9. The van der Waals surface area contributed by atoms with E-state index < -0.39 is 0 Å². The van der Waals surface area contributed by atoms with Crippen LogP contribution < -0.4 is 10.3 Å². The molecule has 1 fully saturated rings. The Morgan fingerprint density at radius 1 is 1.04 bits per heavy atom. The molecule has 5 rings (SSSR count). The SMILES string of the molecule is O=C(Nc1nc(C2CC2)cs1)C1=NN(c2ccccc2)C(c2ccccc2)C1. The Morgan fingerprint density at radius 2 is 1.75 bits per heavy atom. The molecule has 1 saturated carbocycles. The van der Waals surface area contributed by atoms with Gasteiger partial charge in [0.05, 0.1) is 17.4 Å². The van der Waals surface area contributed by atoms with Crippen molar-refractivity contribution in [3.8, 4) is 0 Å². The number of nitrogens with zero attached hydrogens (tertiary/aromatic N) is 3. The molecule has 28 heavy (non-hydrogen) atoms. The molecular weight excluding hydrogens is 368 g/mol. The molecule has 1 atom stereocenters. The van der Waals surface area contributed by atoms with E-state index in [4.69, 9.17) is 0 Å². The van der Waals surface area contributed by atoms with Gasteiger partial charge in [-0.3, -0.25) is 15.1 Å². The molecule has 5 nitrogen and oxygen atoms in total. The summed E-state index contributed by atoms with van der Waals surface area (Å²) in [4.78, 5) is 17.4. The highest BCUT2D eigenvalue weighted by molar-refractivity contribution is 7.14. The summed E-state index contributed by atoms with van der Waals surface area (Å²) in [6.07, 6.45) is 2.97. The second kappa shape index (κ2) is 7.20. The number of thiazole rings is 1.